The van der Waals surface area contributed by atoms with Crippen LogP contribution in [0.2, 0.25) is 0 Å². The summed E-state index contributed by atoms with van der Waals surface area (Å²) in [5.41, 5.74) is 5.99. The van der Waals surface area contributed by atoms with Crippen LogP contribution in [0.15, 0.2) is 78.9 Å². The van der Waals surface area contributed by atoms with Gasteiger partial charge in [-0.25, -0.2) is 0 Å². The number of allylic oxidation sites excluding steroid dienone is 4. The summed E-state index contributed by atoms with van der Waals surface area (Å²) in [6, 6.07) is 11.8. The maximum atomic E-state index is 13.0. The van der Waals surface area contributed by atoms with E-state index in [1.54, 1.807) is 11.0 Å². The zero-order valence-electron chi connectivity index (χ0n) is 28.5. The van der Waals surface area contributed by atoms with E-state index in [0.717, 1.165) is 92.3 Å². The van der Waals surface area contributed by atoms with E-state index >= 15 is 0 Å². The molecule has 0 radical (unpaired) electrons. The van der Waals surface area contributed by atoms with Crippen LogP contribution >= 0.6 is 0 Å². The molecule has 3 rings (SSSR count). The highest BCUT2D eigenvalue weighted by molar-refractivity contribution is 5.92. The van der Waals surface area contributed by atoms with Crippen molar-refractivity contribution in [2.24, 2.45) is 5.92 Å². The van der Waals surface area contributed by atoms with Gasteiger partial charge >= 0.3 is 0 Å². The monoisotopic (exact) mass is 613 g/mol. The van der Waals surface area contributed by atoms with Crippen LogP contribution in [-0.2, 0) is 0 Å². The van der Waals surface area contributed by atoms with Crippen molar-refractivity contribution in [1.82, 2.24) is 20.0 Å². The van der Waals surface area contributed by atoms with Crippen molar-refractivity contribution in [3.05, 3.63) is 90.2 Å². The van der Waals surface area contributed by atoms with Crippen molar-refractivity contribution < 1.29 is 9.53 Å². The van der Waals surface area contributed by atoms with Gasteiger partial charge < -0.3 is 19.4 Å². The zero-order valence-corrected chi connectivity index (χ0v) is 28.5. The molecule has 1 fully saturated rings. The molecule has 1 aromatic carbocycles. The van der Waals surface area contributed by atoms with E-state index in [-0.39, 0.29) is 5.91 Å². The third-order valence-corrected chi connectivity index (χ3v) is 8.70. The summed E-state index contributed by atoms with van der Waals surface area (Å²) >= 11 is 0. The Morgan fingerprint density at radius 3 is 2.56 bits per heavy atom. The molecule has 1 aliphatic rings. The van der Waals surface area contributed by atoms with Crippen molar-refractivity contribution in [2.75, 3.05) is 58.3 Å². The highest BCUT2D eigenvalue weighted by Crippen LogP contribution is 2.30. The van der Waals surface area contributed by atoms with Gasteiger partial charge in [0.2, 0.25) is 0 Å². The van der Waals surface area contributed by atoms with Gasteiger partial charge in [-0.15, -0.1) is 10.2 Å². The predicted molar refractivity (Wildman–Crippen MR) is 189 cm³/mol. The Morgan fingerprint density at radius 1 is 1.07 bits per heavy atom. The van der Waals surface area contributed by atoms with Crippen LogP contribution in [-0.4, -0.2) is 79.3 Å². The van der Waals surface area contributed by atoms with Gasteiger partial charge in [0.15, 0.2) is 11.5 Å². The van der Waals surface area contributed by atoms with Crippen LogP contribution in [0.5, 0.6) is 5.75 Å². The molecular weight excluding hydrogens is 558 g/mol. The van der Waals surface area contributed by atoms with E-state index in [2.05, 4.69) is 72.8 Å². The molecule has 0 bridgehead atoms. The molecule has 7 nitrogen and oxygen atoms in total. The molecule has 45 heavy (non-hydrogen) atoms. The fraction of sp³-hybridized carbons (Fsp3) is 0.500. The van der Waals surface area contributed by atoms with E-state index in [4.69, 9.17) is 4.74 Å². The predicted octanol–water partition coefficient (Wildman–Crippen LogP) is 7.84. The molecule has 1 atom stereocenters. The molecule has 7 heteroatoms. The number of aromatic nitrogens is 2. The van der Waals surface area contributed by atoms with Gasteiger partial charge in [-0.1, -0.05) is 49.1 Å². The van der Waals surface area contributed by atoms with Crippen molar-refractivity contribution in [1.29, 1.82) is 0 Å². The minimum atomic E-state index is -0.0722. The normalized spacial score (nSPS) is 15.2. The molecule has 0 saturated heterocycles. The Kier molecular flexibility index (Phi) is 14.5. The second kappa shape index (κ2) is 18.3. The number of ether oxygens (including phenoxy) is 1. The van der Waals surface area contributed by atoms with E-state index < -0.39 is 0 Å². The quantitative estimate of drug-likeness (QED) is 0.126. The molecule has 2 aromatic rings. The number of nitrogens with zero attached hydrogens (tertiary/aromatic N) is 5. The van der Waals surface area contributed by atoms with E-state index in [0.29, 0.717) is 18.2 Å². The maximum Gasteiger partial charge on any atom is 0.274 e. The zero-order chi connectivity index (χ0) is 32.8. The second-order valence-corrected chi connectivity index (χ2v) is 12.4. The summed E-state index contributed by atoms with van der Waals surface area (Å²) < 4.78 is 5.64. The van der Waals surface area contributed by atoms with Gasteiger partial charge in [-0.2, -0.15) is 0 Å². The molecule has 1 unspecified atom stereocenters. The minimum Gasteiger partial charge on any atom is -0.494 e. The highest BCUT2D eigenvalue weighted by Gasteiger charge is 2.18. The molecule has 1 aromatic heterocycles. The second-order valence-electron chi connectivity index (χ2n) is 12.4. The van der Waals surface area contributed by atoms with Crippen molar-refractivity contribution >= 4 is 17.3 Å². The Labute approximate surface area is 272 Å². The Bertz CT molecular complexity index is 1320. The van der Waals surface area contributed by atoms with Crippen molar-refractivity contribution in [3.63, 3.8) is 0 Å². The number of likely N-dealkylation sites (N-methyl/N-ethyl adjacent to an activating group) is 2. The summed E-state index contributed by atoms with van der Waals surface area (Å²) in [5.74, 6) is 2.29. The third kappa shape index (κ3) is 11.6. The molecule has 0 aliphatic heterocycles. The number of carbonyl (C=O) groups is 1. The van der Waals surface area contributed by atoms with Crippen LogP contribution in [0.25, 0.3) is 5.57 Å². The number of rotatable bonds is 18. The largest absolute Gasteiger partial charge is 0.494 e. The summed E-state index contributed by atoms with van der Waals surface area (Å²) in [5, 5.41) is 8.72. The lowest BCUT2D eigenvalue weighted by Gasteiger charge is -2.25. The third-order valence-electron chi connectivity index (χ3n) is 8.70. The van der Waals surface area contributed by atoms with Gasteiger partial charge in [0.25, 0.3) is 5.91 Å². The Hall–Kier alpha value is -3.71. The SMILES string of the molecule is C=C(/C=C(/C)C(=C)c1cccc(OCC)c1)CCN(C)CCN(CC)c1ccc(C(=O)N(C)CCCC2CCCC(=C)C2)nn1. The summed E-state index contributed by atoms with van der Waals surface area (Å²) in [6.07, 6.45) is 9.99. The van der Waals surface area contributed by atoms with Gasteiger partial charge in [-0.05, 0) is 120 Å². The summed E-state index contributed by atoms with van der Waals surface area (Å²) in [4.78, 5) is 19.2. The van der Waals surface area contributed by atoms with Gasteiger partial charge in [0.1, 0.15) is 5.75 Å². The number of carbonyl (C=O) groups excluding carboxylic acids is 1. The average molecular weight is 614 g/mol. The van der Waals surface area contributed by atoms with Crippen LogP contribution in [0, 0.1) is 5.92 Å². The topological polar surface area (TPSA) is 61.8 Å². The van der Waals surface area contributed by atoms with E-state index in [9.17, 15) is 4.79 Å². The number of benzene rings is 1. The van der Waals surface area contributed by atoms with Gasteiger partial charge in [0.05, 0.1) is 6.61 Å². The lowest BCUT2D eigenvalue weighted by molar-refractivity contribution is 0.0783. The Balaban J connectivity index is 1.42. The van der Waals surface area contributed by atoms with E-state index in [1.165, 1.54) is 24.8 Å². The van der Waals surface area contributed by atoms with Crippen LogP contribution in [0.1, 0.15) is 81.8 Å². The first-order valence-electron chi connectivity index (χ1n) is 16.6. The van der Waals surface area contributed by atoms with Crippen LogP contribution < -0.4 is 9.64 Å². The lowest BCUT2D eigenvalue weighted by Crippen LogP contribution is -2.34. The first kappa shape index (κ1) is 35.8. The van der Waals surface area contributed by atoms with Crippen molar-refractivity contribution in [3.8, 4) is 5.75 Å². The molecule has 244 valence electrons. The molecule has 1 heterocycles. The smallest absolute Gasteiger partial charge is 0.274 e. The molecule has 0 spiro atoms. The van der Waals surface area contributed by atoms with Crippen LogP contribution in [0.3, 0.4) is 0 Å². The summed E-state index contributed by atoms with van der Waals surface area (Å²) in [6.45, 7) is 23.7. The van der Waals surface area contributed by atoms with Gasteiger partial charge in [0, 0.05) is 39.8 Å². The summed E-state index contributed by atoms with van der Waals surface area (Å²) in [7, 11) is 3.99. The number of hydrogen-bond acceptors (Lipinski definition) is 6. The molecular formula is C38H55N5O2. The standard InChI is InChI=1S/C38H55N5O2/c1-9-43(37-20-19-36(39-40-37)38(44)42(8)22-13-16-33-15-11-14-29(3)27-33)25-24-41(7)23-21-30(4)26-31(5)32(6)34-17-12-18-35(28-34)45-10-2/h12,17-20,26,28,33H,3-4,6,9-11,13-16,21-25,27H2,1-2,5,7-8H3/b31-26-. The molecule has 1 aliphatic carbocycles. The molecule has 1 saturated carbocycles. The highest BCUT2D eigenvalue weighted by atomic mass is 16.5. The Morgan fingerprint density at radius 2 is 1.87 bits per heavy atom. The number of anilines is 1. The van der Waals surface area contributed by atoms with Gasteiger partial charge in [-0.3, -0.25) is 4.79 Å². The lowest BCUT2D eigenvalue weighted by atomic mass is 9.83. The molecule has 1 amide bonds. The number of amides is 1. The number of hydrogen-bond donors (Lipinski definition) is 0. The average Bonchev–Trinajstić information content (AvgIpc) is 3.04. The first-order chi connectivity index (χ1) is 21.6. The van der Waals surface area contributed by atoms with Crippen LogP contribution in [0.4, 0.5) is 5.82 Å². The van der Waals surface area contributed by atoms with E-state index in [1.807, 2.05) is 38.2 Å². The van der Waals surface area contributed by atoms with Crippen molar-refractivity contribution in [2.45, 2.75) is 65.7 Å². The maximum absolute atomic E-state index is 13.0. The molecule has 0 N–H and O–H groups in total. The first-order valence-corrected chi connectivity index (χ1v) is 16.6. The fourth-order valence-corrected chi connectivity index (χ4v) is 5.83. The minimum absolute atomic E-state index is 0.0722. The fourth-order valence-electron chi connectivity index (χ4n) is 5.83.